The van der Waals surface area contributed by atoms with Crippen LogP contribution in [0.25, 0.3) is 0 Å². The van der Waals surface area contributed by atoms with E-state index in [9.17, 15) is 13.2 Å². The van der Waals surface area contributed by atoms with E-state index in [1.807, 2.05) is 20.8 Å². The van der Waals surface area contributed by atoms with Crippen LogP contribution in [-0.4, -0.2) is 46.7 Å². The summed E-state index contributed by atoms with van der Waals surface area (Å²) in [6, 6.07) is -0.170. The topological polar surface area (TPSA) is 92.5 Å². The fraction of sp³-hybridized carbons (Fsp3) is 0.692. The number of rotatable bonds is 6. The molecule has 120 valence electrons. The van der Waals surface area contributed by atoms with Crippen molar-refractivity contribution in [3.63, 3.8) is 0 Å². The van der Waals surface area contributed by atoms with Gasteiger partial charge in [0.25, 0.3) is 0 Å². The molecule has 7 nitrogen and oxygen atoms in total. The first kappa shape index (κ1) is 17.6. The quantitative estimate of drug-likeness (QED) is 0.852. The molecule has 0 amide bonds. The molecule has 1 N–H and O–H groups in total. The van der Waals surface area contributed by atoms with Gasteiger partial charge in [-0.2, -0.15) is 9.40 Å². The fourth-order valence-electron chi connectivity index (χ4n) is 2.12. The smallest absolute Gasteiger partial charge is 0.325 e. The third-order valence-corrected chi connectivity index (χ3v) is 5.97. The highest BCUT2D eigenvalue weighted by atomic mass is 32.2. The molecule has 1 aromatic heterocycles. The maximum absolute atomic E-state index is 12.7. The zero-order valence-corrected chi connectivity index (χ0v) is 14.1. The second kappa shape index (κ2) is 6.15. The molecule has 1 atom stereocenters. The second-order valence-corrected chi connectivity index (χ2v) is 7.49. The van der Waals surface area contributed by atoms with E-state index in [0.717, 1.165) is 0 Å². The van der Waals surface area contributed by atoms with Crippen molar-refractivity contribution >= 4 is 16.0 Å². The predicted octanol–water partition coefficient (Wildman–Crippen LogP) is 1.25. The number of nitrogens with zero attached hydrogens (tertiary/aromatic N) is 3. The van der Waals surface area contributed by atoms with Crippen molar-refractivity contribution in [1.82, 2.24) is 14.1 Å². The van der Waals surface area contributed by atoms with Crippen molar-refractivity contribution in [2.45, 2.75) is 52.1 Å². The molecule has 21 heavy (non-hydrogen) atoms. The zero-order valence-electron chi connectivity index (χ0n) is 13.3. The molecular formula is C13H23N3O4S. The van der Waals surface area contributed by atoms with E-state index >= 15 is 0 Å². The molecule has 0 saturated heterocycles. The number of carbonyl (C=O) groups is 1. The minimum atomic E-state index is -3.70. The summed E-state index contributed by atoms with van der Waals surface area (Å²) in [5, 5.41) is 12.9. The van der Waals surface area contributed by atoms with Gasteiger partial charge < -0.3 is 5.11 Å². The molecule has 0 saturated carbocycles. The molecule has 1 heterocycles. The Bertz CT molecular complexity index is 634. The van der Waals surface area contributed by atoms with E-state index in [0.29, 0.717) is 11.4 Å². The SMILES string of the molecule is Cc1nn(CC(=O)O)c(C)c1S(=O)(=O)N(C)C(C)C(C)C. The number of carboxylic acid groups (broad SMARTS) is 1. The normalized spacial score (nSPS) is 13.9. The minimum Gasteiger partial charge on any atom is -0.480 e. The van der Waals surface area contributed by atoms with Crippen molar-refractivity contribution in [2.24, 2.45) is 5.92 Å². The highest BCUT2D eigenvalue weighted by Crippen LogP contribution is 2.25. The summed E-state index contributed by atoms with van der Waals surface area (Å²) in [7, 11) is -2.17. The van der Waals surface area contributed by atoms with E-state index in [4.69, 9.17) is 5.11 Å². The Morgan fingerprint density at radius 1 is 1.33 bits per heavy atom. The second-order valence-electron chi connectivity index (χ2n) is 5.56. The Balaban J connectivity index is 3.33. The third-order valence-electron chi connectivity index (χ3n) is 3.78. The number of aliphatic carboxylic acids is 1. The summed E-state index contributed by atoms with van der Waals surface area (Å²) in [5.74, 6) is -0.895. The molecule has 0 aromatic carbocycles. The Labute approximate surface area is 125 Å². The molecule has 1 unspecified atom stereocenters. The number of sulfonamides is 1. The van der Waals surface area contributed by atoms with Gasteiger partial charge in [-0.25, -0.2) is 8.42 Å². The standard InChI is InChI=1S/C13H23N3O4S/c1-8(2)10(4)15(6)21(19,20)13-9(3)14-16(11(13)5)7-12(17)18/h8,10H,7H2,1-6H3,(H,17,18). The predicted molar refractivity (Wildman–Crippen MR) is 78.6 cm³/mol. The number of aromatic nitrogens is 2. The number of hydrogen-bond acceptors (Lipinski definition) is 4. The number of aryl methyl sites for hydroxylation is 1. The minimum absolute atomic E-state index is 0.0961. The van der Waals surface area contributed by atoms with E-state index in [1.165, 1.54) is 16.0 Å². The maximum atomic E-state index is 12.7. The van der Waals surface area contributed by atoms with Gasteiger partial charge in [-0.15, -0.1) is 0 Å². The largest absolute Gasteiger partial charge is 0.480 e. The molecule has 0 aliphatic rings. The summed E-state index contributed by atoms with van der Waals surface area (Å²) in [6.45, 7) is 8.53. The highest BCUT2D eigenvalue weighted by Gasteiger charge is 2.32. The Hall–Kier alpha value is -1.41. The van der Waals surface area contributed by atoms with Crippen LogP contribution in [0.15, 0.2) is 4.90 Å². The van der Waals surface area contributed by atoms with Crippen LogP contribution in [0.2, 0.25) is 0 Å². The van der Waals surface area contributed by atoms with Gasteiger partial charge in [0.1, 0.15) is 11.4 Å². The molecule has 8 heteroatoms. The summed E-state index contributed by atoms with van der Waals surface area (Å²) in [5.41, 5.74) is 0.661. The van der Waals surface area contributed by atoms with Crippen LogP contribution in [-0.2, 0) is 21.4 Å². The lowest BCUT2D eigenvalue weighted by Crippen LogP contribution is -2.38. The number of hydrogen-bond donors (Lipinski definition) is 1. The third kappa shape index (κ3) is 3.44. The molecule has 1 rings (SSSR count). The molecular weight excluding hydrogens is 294 g/mol. The van der Waals surface area contributed by atoms with Gasteiger partial charge in [0.05, 0.1) is 11.4 Å². The van der Waals surface area contributed by atoms with Crippen molar-refractivity contribution in [3.05, 3.63) is 11.4 Å². The van der Waals surface area contributed by atoms with Crippen molar-refractivity contribution < 1.29 is 18.3 Å². The van der Waals surface area contributed by atoms with Gasteiger partial charge in [-0.3, -0.25) is 9.48 Å². The van der Waals surface area contributed by atoms with Crippen LogP contribution in [0.3, 0.4) is 0 Å². The summed E-state index contributed by atoms with van der Waals surface area (Å²) in [6.07, 6.45) is 0. The summed E-state index contributed by atoms with van der Waals surface area (Å²) in [4.78, 5) is 10.9. The first-order valence-corrected chi connectivity index (χ1v) is 8.18. The Morgan fingerprint density at radius 3 is 2.29 bits per heavy atom. The van der Waals surface area contributed by atoms with Gasteiger partial charge in [-0.05, 0) is 26.7 Å². The molecule has 0 fully saturated rings. The van der Waals surface area contributed by atoms with Crippen LogP contribution >= 0.6 is 0 Å². The Kier molecular flexibility index (Phi) is 5.16. The molecule has 0 spiro atoms. The fourth-order valence-corrected chi connectivity index (χ4v) is 3.98. The van der Waals surface area contributed by atoms with Crippen LogP contribution in [0, 0.1) is 19.8 Å². The molecule has 0 bridgehead atoms. The lowest BCUT2D eigenvalue weighted by Gasteiger charge is -2.27. The average molecular weight is 317 g/mol. The zero-order chi connectivity index (χ0) is 16.5. The van der Waals surface area contributed by atoms with Crippen molar-refractivity contribution in [1.29, 1.82) is 0 Å². The van der Waals surface area contributed by atoms with Gasteiger partial charge >= 0.3 is 5.97 Å². The summed E-state index contributed by atoms with van der Waals surface area (Å²) < 4.78 is 28.0. The van der Waals surface area contributed by atoms with Gasteiger partial charge in [0.2, 0.25) is 10.0 Å². The van der Waals surface area contributed by atoms with Crippen molar-refractivity contribution in [3.8, 4) is 0 Å². The monoisotopic (exact) mass is 317 g/mol. The van der Waals surface area contributed by atoms with Crippen LogP contribution in [0.5, 0.6) is 0 Å². The summed E-state index contributed by atoms with van der Waals surface area (Å²) >= 11 is 0. The first-order chi connectivity index (χ1) is 9.50. The van der Waals surface area contributed by atoms with E-state index < -0.39 is 16.0 Å². The van der Waals surface area contributed by atoms with Crippen molar-refractivity contribution in [2.75, 3.05) is 7.05 Å². The molecule has 1 aromatic rings. The lowest BCUT2D eigenvalue weighted by atomic mass is 10.1. The number of carboxylic acids is 1. The van der Waals surface area contributed by atoms with E-state index in [-0.39, 0.29) is 23.4 Å². The van der Waals surface area contributed by atoms with Crippen LogP contribution in [0.4, 0.5) is 0 Å². The molecule has 0 aliphatic carbocycles. The van der Waals surface area contributed by atoms with Crippen LogP contribution in [0.1, 0.15) is 32.2 Å². The van der Waals surface area contributed by atoms with E-state index in [2.05, 4.69) is 5.10 Å². The molecule has 0 radical (unpaired) electrons. The lowest BCUT2D eigenvalue weighted by molar-refractivity contribution is -0.137. The van der Waals surface area contributed by atoms with E-state index in [1.54, 1.807) is 13.8 Å². The first-order valence-electron chi connectivity index (χ1n) is 6.74. The Morgan fingerprint density at radius 2 is 1.86 bits per heavy atom. The van der Waals surface area contributed by atoms with Gasteiger partial charge in [0, 0.05) is 13.1 Å². The molecule has 0 aliphatic heterocycles. The average Bonchev–Trinajstić information content (AvgIpc) is 2.61. The van der Waals surface area contributed by atoms with Gasteiger partial charge in [-0.1, -0.05) is 13.8 Å². The highest BCUT2D eigenvalue weighted by molar-refractivity contribution is 7.89. The maximum Gasteiger partial charge on any atom is 0.325 e. The van der Waals surface area contributed by atoms with Gasteiger partial charge in [0.15, 0.2) is 0 Å². The van der Waals surface area contributed by atoms with Crippen LogP contribution < -0.4 is 0 Å².